The van der Waals surface area contributed by atoms with Crippen molar-refractivity contribution in [2.75, 3.05) is 13.2 Å². The third kappa shape index (κ3) is 26.2. The Kier molecular flexibility index (Phi) is 24.9. The smallest absolute Gasteiger partial charge is 0.303 e. The molecule has 0 radical (unpaired) electrons. The average molecular weight is 651 g/mol. The van der Waals surface area contributed by atoms with Crippen molar-refractivity contribution in [2.24, 2.45) is 0 Å². The number of hydrogen-bond acceptors (Lipinski definition) is 3. The molecule has 1 N–H and O–H groups in total. The van der Waals surface area contributed by atoms with E-state index in [9.17, 15) is 4.79 Å². The number of rotatable bonds is 25. The first kappa shape index (κ1) is 42.6. The lowest BCUT2D eigenvalue weighted by molar-refractivity contribution is -0.155. The van der Waals surface area contributed by atoms with E-state index in [1.165, 1.54) is 45.4 Å². The molecule has 0 aromatic carbocycles. The minimum atomic E-state index is -0.704. The fraction of sp³-hybridized carbons (Fsp3) is 0.651. The van der Waals surface area contributed by atoms with Crippen LogP contribution in [0, 0.1) is 0 Å². The molecule has 0 amide bonds. The molecule has 1 atom stereocenters. The molecular weight excluding hydrogens is 580 g/mol. The third-order valence-corrected chi connectivity index (χ3v) is 9.00. The first-order valence-corrected chi connectivity index (χ1v) is 18.6. The van der Waals surface area contributed by atoms with Crippen molar-refractivity contribution in [3.05, 3.63) is 81.5 Å². The SMILES string of the molecule is C/C(=C\CC/C(C)=C/CC/C(C)=C/CC/C(C)=C/COC1CCCCO1)CC/C=C(\C)CC/C=C(\C)CC/C=C(\C)CCCC(=O)O. The van der Waals surface area contributed by atoms with Gasteiger partial charge >= 0.3 is 5.97 Å². The molecule has 0 aliphatic carbocycles. The summed E-state index contributed by atoms with van der Waals surface area (Å²) in [7, 11) is 0. The van der Waals surface area contributed by atoms with Gasteiger partial charge in [0.1, 0.15) is 0 Å². The molecule has 1 heterocycles. The zero-order valence-corrected chi connectivity index (χ0v) is 31.4. The number of carbonyl (C=O) groups is 1. The van der Waals surface area contributed by atoms with Gasteiger partial charge in [-0.1, -0.05) is 81.5 Å². The van der Waals surface area contributed by atoms with Gasteiger partial charge in [-0.05, 0) is 158 Å². The summed E-state index contributed by atoms with van der Waals surface area (Å²) in [6.07, 6.45) is 35.2. The monoisotopic (exact) mass is 651 g/mol. The largest absolute Gasteiger partial charge is 0.481 e. The number of ether oxygens (including phenoxy) is 2. The van der Waals surface area contributed by atoms with Crippen molar-refractivity contribution in [2.45, 2.75) is 170 Å². The van der Waals surface area contributed by atoms with Crippen molar-refractivity contribution < 1.29 is 19.4 Å². The van der Waals surface area contributed by atoms with E-state index in [0.29, 0.717) is 6.61 Å². The summed E-state index contributed by atoms with van der Waals surface area (Å²) in [6.45, 7) is 17.1. The highest BCUT2D eigenvalue weighted by Crippen LogP contribution is 2.18. The molecule has 1 aliphatic rings. The van der Waals surface area contributed by atoms with Crippen molar-refractivity contribution in [3.8, 4) is 0 Å². The van der Waals surface area contributed by atoms with Crippen LogP contribution in [0.4, 0.5) is 0 Å². The summed E-state index contributed by atoms with van der Waals surface area (Å²) in [6, 6.07) is 0. The summed E-state index contributed by atoms with van der Waals surface area (Å²) in [5, 5.41) is 8.77. The van der Waals surface area contributed by atoms with Gasteiger partial charge in [0.15, 0.2) is 6.29 Å². The van der Waals surface area contributed by atoms with Crippen molar-refractivity contribution in [1.82, 2.24) is 0 Å². The molecule has 0 aromatic rings. The number of carboxylic acid groups (broad SMARTS) is 1. The van der Waals surface area contributed by atoms with Gasteiger partial charge in [0.2, 0.25) is 0 Å². The lowest BCUT2D eigenvalue weighted by Crippen LogP contribution is -2.22. The van der Waals surface area contributed by atoms with E-state index in [-0.39, 0.29) is 12.7 Å². The molecule has 1 saturated heterocycles. The van der Waals surface area contributed by atoms with Gasteiger partial charge < -0.3 is 14.6 Å². The molecule has 47 heavy (non-hydrogen) atoms. The van der Waals surface area contributed by atoms with Crippen LogP contribution in [0.15, 0.2) is 81.5 Å². The Morgan fingerprint density at radius 3 is 1.26 bits per heavy atom. The molecule has 0 bridgehead atoms. The fourth-order valence-electron chi connectivity index (χ4n) is 5.65. The van der Waals surface area contributed by atoms with E-state index in [1.807, 2.05) is 0 Å². The molecule has 0 saturated carbocycles. The zero-order valence-electron chi connectivity index (χ0n) is 31.4. The highest BCUT2D eigenvalue weighted by atomic mass is 16.7. The Hall–Kier alpha value is -2.43. The van der Waals surface area contributed by atoms with Crippen LogP contribution in [-0.4, -0.2) is 30.6 Å². The Morgan fingerprint density at radius 1 is 0.553 bits per heavy atom. The quantitative estimate of drug-likeness (QED) is 0.0999. The first-order valence-electron chi connectivity index (χ1n) is 18.6. The maximum absolute atomic E-state index is 10.6. The highest BCUT2D eigenvalue weighted by molar-refractivity contribution is 5.66. The molecule has 1 fully saturated rings. The van der Waals surface area contributed by atoms with E-state index < -0.39 is 5.97 Å². The minimum absolute atomic E-state index is 0.00118. The predicted molar refractivity (Wildman–Crippen MR) is 203 cm³/mol. The number of hydrogen-bond donors (Lipinski definition) is 1. The summed E-state index contributed by atoms with van der Waals surface area (Å²) in [4.78, 5) is 10.6. The maximum atomic E-state index is 10.6. The molecule has 4 nitrogen and oxygen atoms in total. The van der Waals surface area contributed by atoms with Gasteiger partial charge in [0, 0.05) is 13.0 Å². The average Bonchev–Trinajstić information content (AvgIpc) is 3.01. The Bertz CT molecular complexity index is 1090. The van der Waals surface area contributed by atoms with Crippen LogP contribution in [0.5, 0.6) is 0 Å². The fourth-order valence-corrected chi connectivity index (χ4v) is 5.65. The van der Waals surface area contributed by atoms with Crippen molar-refractivity contribution in [3.63, 3.8) is 0 Å². The van der Waals surface area contributed by atoms with Gasteiger partial charge in [-0.15, -0.1) is 0 Å². The summed E-state index contributed by atoms with van der Waals surface area (Å²) in [5.41, 5.74) is 10.1. The van der Waals surface area contributed by atoms with Crippen LogP contribution in [0.25, 0.3) is 0 Å². The first-order chi connectivity index (χ1) is 22.5. The Morgan fingerprint density at radius 2 is 0.915 bits per heavy atom. The van der Waals surface area contributed by atoms with Gasteiger partial charge in [0.05, 0.1) is 6.61 Å². The second kappa shape index (κ2) is 27.5. The summed E-state index contributed by atoms with van der Waals surface area (Å²) >= 11 is 0. The third-order valence-electron chi connectivity index (χ3n) is 9.00. The van der Waals surface area contributed by atoms with E-state index in [4.69, 9.17) is 14.6 Å². The van der Waals surface area contributed by atoms with Crippen molar-refractivity contribution >= 4 is 5.97 Å². The van der Waals surface area contributed by atoms with Crippen LogP contribution in [-0.2, 0) is 14.3 Å². The van der Waals surface area contributed by atoms with E-state index in [1.54, 1.807) is 0 Å². The second-order valence-corrected chi connectivity index (χ2v) is 14.0. The topological polar surface area (TPSA) is 55.8 Å². The second-order valence-electron chi connectivity index (χ2n) is 14.0. The Balaban J connectivity index is 2.18. The lowest BCUT2D eigenvalue weighted by Gasteiger charge is -2.22. The molecule has 0 aromatic heterocycles. The van der Waals surface area contributed by atoms with Crippen LogP contribution in [0.2, 0.25) is 0 Å². The summed E-state index contributed by atoms with van der Waals surface area (Å²) in [5.74, 6) is -0.704. The van der Waals surface area contributed by atoms with Gasteiger partial charge in [0.25, 0.3) is 0 Å². The molecule has 0 spiro atoms. The lowest BCUT2D eigenvalue weighted by atomic mass is 10.0. The van der Waals surface area contributed by atoms with E-state index in [2.05, 4.69) is 91.0 Å². The number of allylic oxidation sites excluding steroid dienone is 13. The molecular formula is C43H70O4. The predicted octanol–water partition coefficient (Wildman–Crippen LogP) is 13.1. The van der Waals surface area contributed by atoms with E-state index in [0.717, 1.165) is 109 Å². The Labute approximate surface area is 289 Å². The zero-order chi connectivity index (χ0) is 34.7. The van der Waals surface area contributed by atoms with Crippen molar-refractivity contribution in [1.29, 1.82) is 0 Å². The maximum Gasteiger partial charge on any atom is 0.303 e. The molecule has 1 unspecified atom stereocenters. The van der Waals surface area contributed by atoms with Crippen LogP contribution in [0.3, 0.4) is 0 Å². The van der Waals surface area contributed by atoms with Gasteiger partial charge in [-0.3, -0.25) is 4.79 Å². The molecule has 4 heteroatoms. The minimum Gasteiger partial charge on any atom is -0.481 e. The highest BCUT2D eigenvalue weighted by Gasteiger charge is 2.12. The number of aliphatic carboxylic acids is 1. The van der Waals surface area contributed by atoms with Gasteiger partial charge in [-0.25, -0.2) is 0 Å². The van der Waals surface area contributed by atoms with E-state index >= 15 is 0 Å². The van der Waals surface area contributed by atoms with Crippen LogP contribution in [0.1, 0.15) is 164 Å². The molecule has 266 valence electrons. The van der Waals surface area contributed by atoms with Crippen LogP contribution >= 0.6 is 0 Å². The normalized spacial score (nSPS) is 17.9. The summed E-state index contributed by atoms with van der Waals surface area (Å²) < 4.78 is 11.5. The molecule has 1 rings (SSSR count). The van der Waals surface area contributed by atoms with Gasteiger partial charge in [-0.2, -0.15) is 0 Å². The molecule has 1 aliphatic heterocycles. The standard InChI is InChI=1S/C43H70O4/c1-35(17-10-18-36(2)21-12-22-38(4)25-14-26-40(6)29-16-30-42(44)45)19-11-20-37(3)23-13-24-39(5)27-15-28-41(7)32-34-47-43-31-8-9-33-46-43/h18-19,22-23,26-27,32,43H,8-17,20-21,24-25,28-31,33-34H2,1-7H3,(H,44,45)/b35-19+,36-18+,37-23+,38-22+,39-27+,40-26+,41-32+. The van der Waals surface area contributed by atoms with Crippen LogP contribution < -0.4 is 0 Å². The number of carboxylic acids is 1.